The second-order valence-electron chi connectivity index (χ2n) is 8.00. The zero-order chi connectivity index (χ0) is 18.2. The van der Waals surface area contributed by atoms with Crippen molar-refractivity contribution in [3.63, 3.8) is 0 Å². The van der Waals surface area contributed by atoms with Crippen LogP contribution in [0.4, 0.5) is 10.5 Å². The van der Waals surface area contributed by atoms with Crippen LogP contribution in [0.5, 0.6) is 0 Å². The molecule has 0 atom stereocenters. The minimum atomic E-state index is -0.841. The van der Waals surface area contributed by atoms with Crippen molar-refractivity contribution in [2.24, 2.45) is 5.41 Å². The van der Waals surface area contributed by atoms with Gasteiger partial charge in [0.05, 0.1) is 5.60 Å². The van der Waals surface area contributed by atoms with Crippen molar-refractivity contribution in [1.82, 2.24) is 4.90 Å². The topological polar surface area (TPSA) is 62.2 Å². The second-order valence-corrected chi connectivity index (χ2v) is 8.00. The van der Waals surface area contributed by atoms with Crippen LogP contribution >= 0.6 is 0 Å². The van der Waals surface area contributed by atoms with E-state index in [0.29, 0.717) is 32.8 Å². The summed E-state index contributed by atoms with van der Waals surface area (Å²) in [5.74, 6) is 0. The molecule has 2 saturated heterocycles. The van der Waals surface area contributed by atoms with Crippen LogP contribution in [0.1, 0.15) is 27.7 Å². The normalized spacial score (nSPS) is 22.8. The average Bonchev–Trinajstić information content (AvgIpc) is 2.58. The first-order chi connectivity index (χ1) is 11.7. The quantitative estimate of drug-likeness (QED) is 0.831. The van der Waals surface area contributed by atoms with Gasteiger partial charge in [0.2, 0.25) is 0 Å². The molecule has 0 saturated carbocycles. The number of anilines is 1. The fourth-order valence-corrected chi connectivity index (χ4v) is 3.08. The maximum atomic E-state index is 11.0. The molecule has 1 N–H and O–H groups in total. The molecule has 136 valence electrons. The molecule has 0 bridgehead atoms. The summed E-state index contributed by atoms with van der Waals surface area (Å²) in [4.78, 5) is 14.7. The Hall–Kier alpha value is -1.73. The molecule has 25 heavy (non-hydrogen) atoms. The number of hydrogen-bond acceptors (Lipinski definition) is 4. The van der Waals surface area contributed by atoms with Gasteiger partial charge in [-0.1, -0.05) is 26.0 Å². The highest BCUT2D eigenvalue weighted by Crippen LogP contribution is 2.38. The van der Waals surface area contributed by atoms with Crippen molar-refractivity contribution in [3.8, 4) is 0 Å². The molecule has 2 heterocycles. The van der Waals surface area contributed by atoms with Crippen LogP contribution in [-0.2, 0) is 9.31 Å². The summed E-state index contributed by atoms with van der Waals surface area (Å²) < 4.78 is 12.1. The highest BCUT2D eigenvalue weighted by atomic mass is 16.6. The zero-order valence-corrected chi connectivity index (χ0v) is 15.5. The summed E-state index contributed by atoms with van der Waals surface area (Å²) in [7, 11) is -0.346. The Morgan fingerprint density at radius 2 is 1.68 bits per heavy atom. The molecule has 2 aliphatic rings. The summed E-state index contributed by atoms with van der Waals surface area (Å²) in [6.07, 6.45) is -0.841. The fourth-order valence-electron chi connectivity index (χ4n) is 3.08. The number of nitrogens with zero attached hydrogens (tertiary/aromatic N) is 2. The minimum Gasteiger partial charge on any atom is -0.465 e. The first kappa shape index (κ1) is 18.1. The second kappa shape index (κ2) is 6.54. The Morgan fingerprint density at radius 1 is 1.08 bits per heavy atom. The van der Waals surface area contributed by atoms with E-state index in [1.165, 1.54) is 4.90 Å². The van der Waals surface area contributed by atoms with E-state index in [4.69, 9.17) is 14.4 Å². The van der Waals surface area contributed by atoms with E-state index < -0.39 is 6.09 Å². The number of hydrogen-bond donors (Lipinski definition) is 1. The number of benzene rings is 1. The van der Waals surface area contributed by atoms with E-state index in [9.17, 15) is 4.79 Å². The molecule has 3 rings (SSSR count). The van der Waals surface area contributed by atoms with Crippen molar-refractivity contribution >= 4 is 24.4 Å². The van der Waals surface area contributed by atoms with E-state index in [-0.39, 0.29) is 18.1 Å². The molecule has 0 radical (unpaired) electrons. The van der Waals surface area contributed by atoms with Gasteiger partial charge in [-0.3, -0.25) is 0 Å². The summed E-state index contributed by atoms with van der Waals surface area (Å²) in [6.45, 7) is 11.7. The lowest BCUT2D eigenvalue weighted by molar-refractivity contribution is -0.0937. The number of carboxylic acid groups (broad SMARTS) is 1. The van der Waals surface area contributed by atoms with Crippen molar-refractivity contribution in [1.29, 1.82) is 0 Å². The summed E-state index contributed by atoms with van der Waals surface area (Å²) in [5, 5.41) is 9.03. The Balaban J connectivity index is 1.64. The van der Waals surface area contributed by atoms with Crippen molar-refractivity contribution in [2.45, 2.75) is 33.3 Å². The third kappa shape index (κ3) is 3.62. The SMILES string of the molecule is CC1(C)COB(c2ccc(N3CCN(C(=O)O)CC3)cc2)OC1(C)C. The molecule has 0 unspecified atom stereocenters. The van der Waals surface area contributed by atoms with E-state index >= 15 is 0 Å². The molecule has 6 nitrogen and oxygen atoms in total. The molecular weight excluding hydrogens is 319 g/mol. The van der Waals surface area contributed by atoms with Gasteiger partial charge in [0.1, 0.15) is 0 Å². The average molecular weight is 346 g/mol. The molecule has 1 amide bonds. The summed E-state index contributed by atoms with van der Waals surface area (Å²) in [5.41, 5.74) is 1.82. The molecule has 2 aliphatic heterocycles. The lowest BCUT2D eigenvalue weighted by Crippen LogP contribution is -2.58. The third-order valence-electron chi connectivity index (χ3n) is 5.71. The van der Waals surface area contributed by atoms with Crippen LogP contribution in [-0.4, -0.2) is 61.6 Å². The Bertz CT molecular complexity index is 624. The van der Waals surface area contributed by atoms with Crippen LogP contribution in [0, 0.1) is 5.41 Å². The Kier molecular flexibility index (Phi) is 4.73. The highest BCUT2D eigenvalue weighted by molar-refractivity contribution is 6.61. The summed E-state index contributed by atoms with van der Waals surface area (Å²) in [6, 6.07) is 8.20. The van der Waals surface area contributed by atoms with Gasteiger partial charge >= 0.3 is 13.2 Å². The molecule has 7 heteroatoms. The molecule has 1 aromatic rings. The predicted octanol–water partition coefficient (Wildman–Crippen LogP) is 2.03. The third-order valence-corrected chi connectivity index (χ3v) is 5.71. The first-order valence-corrected chi connectivity index (χ1v) is 8.82. The molecule has 1 aromatic carbocycles. The van der Waals surface area contributed by atoms with Gasteiger partial charge in [-0.25, -0.2) is 4.79 Å². The largest absolute Gasteiger partial charge is 0.494 e. The van der Waals surface area contributed by atoms with Gasteiger partial charge in [0, 0.05) is 43.9 Å². The molecular formula is C18H27BN2O4. The van der Waals surface area contributed by atoms with Gasteiger partial charge in [-0.15, -0.1) is 0 Å². The van der Waals surface area contributed by atoms with Crippen molar-refractivity contribution in [2.75, 3.05) is 37.7 Å². The maximum Gasteiger partial charge on any atom is 0.494 e. The Morgan fingerprint density at radius 3 is 2.20 bits per heavy atom. The highest BCUT2D eigenvalue weighted by Gasteiger charge is 2.46. The van der Waals surface area contributed by atoms with Crippen LogP contribution in [0.3, 0.4) is 0 Å². The van der Waals surface area contributed by atoms with Gasteiger partial charge in [-0.2, -0.15) is 0 Å². The first-order valence-electron chi connectivity index (χ1n) is 8.82. The fraction of sp³-hybridized carbons (Fsp3) is 0.611. The van der Waals surface area contributed by atoms with Crippen LogP contribution < -0.4 is 10.4 Å². The van der Waals surface area contributed by atoms with Crippen LogP contribution in [0.25, 0.3) is 0 Å². The van der Waals surface area contributed by atoms with E-state index in [0.717, 1.165) is 11.2 Å². The standard InChI is InChI=1S/C18H27BN2O4/c1-17(2)13-24-19(25-18(17,3)4)14-5-7-15(8-6-14)20-9-11-21(12-10-20)16(22)23/h5-8H,9-13H2,1-4H3,(H,22,23). The van der Waals surface area contributed by atoms with E-state index in [1.807, 2.05) is 12.1 Å². The van der Waals surface area contributed by atoms with E-state index in [1.54, 1.807) is 0 Å². The van der Waals surface area contributed by atoms with Gasteiger partial charge in [0.15, 0.2) is 0 Å². The Labute approximate surface area is 149 Å². The summed E-state index contributed by atoms with van der Waals surface area (Å²) >= 11 is 0. The monoisotopic (exact) mass is 346 g/mol. The maximum absolute atomic E-state index is 11.0. The van der Waals surface area contributed by atoms with E-state index in [2.05, 4.69) is 44.7 Å². The van der Waals surface area contributed by atoms with Crippen LogP contribution in [0.15, 0.2) is 24.3 Å². The van der Waals surface area contributed by atoms with Gasteiger partial charge in [0.25, 0.3) is 0 Å². The minimum absolute atomic E-state index is 0.0345. The lowest BCUT2D eigenvalue weighted by atomic mass is 9.69. The molecule has 2 fully saturated rings. The predicted molar refractivity (Wildman–Crippen MR) is 98.5 cm³/mol. The lowest BCUT2D eigenvalue weighted by Gasteiger charge is -2.47. The number of carbonyl (C=O) groups is 1. The van der Waals surface area contributed by atoms with Crippen molar-refractivity contribution in [3.05, 3.63) is 24.3 Å². The number of piperazine rings is 1. The number of rotatable bonds is 2. The molecule has 0 aromatic heterocycles. The van der Waals surface area contributed by atoms with Crippen LogP contribution in [0.2, 0.25) is 0 Å². The molecule has 0 aliphatic carbocycles. The van der Waals surface area contributed by atoms with Gasteiger partial charge < -0.3 is 24.2 Å². The smallest absolute Gasteiger partial charge is 0.465 e. The van der Waals surface area contributed by atoms with Crippen molar-refractivity contribution < 1.29 is 19.2 Å². The zero-order valence-electron chi connectivity index (χ0n) is 15.5. The van der Waals surface area contributed by atoms with Gasteiger partial charge in [-0.05, 0) is 31.4 Å². The molecule has 0 spiro atoms. The number of amides is 1.